The first kappa shape index (κ1) is 7.32. The number of nitrogens with zero attached hydrogens (tertiary/aromatic N) is 1. The molecule has 1 rings (SSSR count). The predicted octanol–water partition coefficient (Wildman–Crippen LogP) is 1.19. The number of halogens is 1. The smallest absolute Gasteiger partial charge is 0.137 e. The van der Waals surface area contributed by atoms with Gasteiger partial charge in [-0.25, -0.2) is 0 Å². The van der Waals surface area contributed by atoms with Gasteiger partial charge in [-0.15, -0.1) is 0 Å². The molecule has 0 aliphatic heterocycles. The molecule has 0 spiro atoms. The van der Waals surface area contributed by atoms with E-state index in [1.807, 2.05) is 13.8 Å². The zero-order chi connectivity index (χ0) is 7.28. The lowest BCUT2D eigenvalue weighted by atomic mass is 10.1. The molecule has 0 heterocycles. The maximum atomic E-state index is 9.53. The van der Waals surface area contributed by atoms with E-state index in [1.54, 1.807) is 7.05 Å². The van der Waals surface area contributed by atoms with Crippen molar-refractivity contribution in [3.8, 4) is 0 Å². The van der Waals surface area contributed by atoms with Crippen LogP contribution in [-0.2, 0) is 0 Å². The first-order chi connectivity index (χ1) is 3.90. The van der Waals surface area contributed by atoms with Gasteiger partial charge in [0.05, 0.1) is 0 Å². The predicted molar refractivity (Wildman–Crippen MR) is 37.0 cm³/mol. The molecule has 1 saturated carbocycles. The van der Waals surface area contributed by atoms with Crippen molar-refractivity contribution in [2.75, 3.05) is 7.05 Å². The van der Waals surface area contributed by atoms with Crippen LogP contribution in [0, 0.1) is 5.41 Å². The Morgan fingerprint density at radius 2 is 1.89 bits per heavy atom. The summed E-state index contributed by atoms with van der Waals surface area (Å²) >= 11 is 5.58. The first-order valence-corrected chi connectivity index (χ1v) is 3.36. The van der Waals surface area contributed by atoms with E-state index in [0.717, 1.165) is 6.42 Å². The van der Waals surface area contributed by atoms with Gasteiger partial charge in [0.25, 0.3) is 0 Å². The molecule has 1 atom stereocenters. The lowest BCUT2D eigenvalue weighted by Gasteiger charge is -2.18. The molecule has 0 amide bonds. The van der Waals surface area contributed by atoms with Crippen LogP contribution in [0.1, 0.15) is 20.3 Å². The highest BCUT2D eigenvalue weighted by Crippen LogP contribution is 2.57. The molecule has 2 nitrogen and oxygen atoms in total. The van der Waals surface area contributed by atoms with Crippen LogP contribution in [0.25, 0.3) is 0 Å². The summed E-state index contributed by atoms with van der Waals surface area (Å²) in [4.78, 5) is 0. The molecular weight excluding hydrogens is 138 g/mol. The molecule has 1 N–H and O–H groups in total. The van der Waals surface area contributed by atoms with E-state index in [0.29, 0.717) is 0 Å². The molecular formula is C6H12ClNO. The zero-order valence-electron chi connectivity index (χ0n) is 5.98. The second kappa shape index (κ2) is 1.62. The number of rotatable bonds is 1. The highest BCUT2D eigenvalue weighted by Gasteiger charge is 2.63. The summed E-state index contributed by atoms with van der Waals surface area (Å²) in [5.41, 5.74) is -0.780. The minimum atomic E-state index is -0.755. The van der Waals surface area contributed by atoms with E-state index in [4.69, 9.17) is 11.8 Å². The average molecular weight is 150 g/mol. The van der Waals surface area contributed by atoms with Crippen molar-refractivity contribution in [3.05, 3.63) is 0 Å². The SMILES string of the molecule is CN(Cl)C1(O)CC1(C)C. The van der Waals surface area contributed by atoms with E-state index in [1.165, 1.54) is 4.42 Å². The standard InChI is InChI=1S/C6H12ClNO/c1-5(2)4-6(5,9)8(3)7/h9H,4H2,1-3H3. The molecule has 0 aromatic carbocycles. The van der Waals surface area contributed by atoms with Crippen molar-refractivity contribution < 1.29 is 5.11 Å². The summed E-state index contributed by atoms with van der Waals surface area (Å²) in [5.74, 6) is 0. The highest BCUT2D eigenvalue weighted by molar-refractivity contribution is 6.13. The maximum absolute atomic E-state index is 9.53. The van der Waals surface area contributed by atoms with Gasteiger partial charge < -0.3 is 5.11 Å². The van der Waals surface area contributed by atoms with Gasteiger partial charge in [0.15, 0.2) is 0 Å². The zero-order valence-corrected chi connectivity index (χ0v) is 6.74. The van der Waals surface area contributed by atoms with E-state index in [2.05, 4.69) is 0 Å². The molecule has 0 radical (unpaired) electrons. The summed E-state index contributed by atoms with van der Waals surface area (Å²) < 4.78 is 1.35. The lowest BCUT2D eigenvalue weighted by Crippen LogP contribution is -2.30. The lowest BCUT2D eigenvalue weighted by molar-refractivity contribution is 0.0176. The molecule has 9 heavy (non-hydrogen) atoms. The summed E-state index contributed by atoms with van der Waals surface area (Å²) in [6, 6.07) is 0. The van der Waals surface area contributed by atoms with Crippen molar-refractivity contribution in [2.24, 2.45) is 5.41 Å². The van der Waals surface area contributed by atoms with Crippen LogP contribution in [0.4, 0.5) is 0 Å². The third-order valence-electron chi connectivity index (χ3n) is 2.16. The van der Waals surface area contributed by atoms with Gasteiger partial charge in [0, 0.05) is 18.9 Å². The van der Waals surface area contributed by atoms with Gasteiger partial charge in [0.2, 0.25) is 0 Å². The summed E-state index contributed by atoms with van der Waals surface area (Å²) in [6.07, 6.45) is 0.764. The topological polar surface area (TPSA) is 23.5 Å². The van der Waals surface area contributed by atoms with Crippen molar-refractivity contribution >= 4 is 11.8 Å². The molecule has 1 aliphatic carbocycles. The Labute approximate surface area is 60.5 Å². The first-order valence-electron chi connectivity index (χ1n) is 3.02. The fourth-order valence-electron chi connectivity index (χ4n) is 1.10. The molecule has 1 fully saturated rings. The van der Waals surface area contributed by atoms with Gasteiger partial charge in [-0.1, -0.05) is 13.8 Å². The van der Waals surface area contributed by atoms with Gasteiger partial charge in [-0.2, -0.15) is 4.42 Å². The second-order valence-electron chi connectivity index (χ2n) is 3.35. The normalized spacial score (nSPS) is 39.3. The Morgan fingerprint density at radius 3 is 1.89 bits per heavy atom. The number of hydrogen-bond acceptors (Lipinski definition) is 2. The monoisotopic (exact) mass is 149 g/mol. The number of hydrogen-bond donors (Lipinski definition) is 1. The van der Waals surface area contributed by atoms with Crippen LogP contribution in [0.15, 0.2) is 0 Å². The number of aliphatic hydroxyl groups is 1. The third-order valence-corrected chi connectivity index (χ3v) is 2.44. The van der Waals surface area contributed by atoms with Crippen molar-refractivity contribution in [3.63, 3.8) is 0 Å². The molecule has 1 aliphatic rings. The second-order valence-corrected chi connectivity index (χ2v) is 3.86. The van der Waals surface area contributed by atoms with E-state index in [-0.39, 0.29) is 5.41 Å². The van der Waals surface area contributed by atoms with Gasteiger partial charge >= 0.3 is 0 Å². The Morgan fingerprint density at radius 1 is 1.56 bits per heavy atom. The molecule has 0 saturated heterocycles. The van der Waals surface area contributed by atoms with Crippen LogP contribution in [-0.4, -0.2) is 22.3 Å². The van der Waals surface area contributed by atoms with Crippen LogP contribution >= 0.6 is 11.8 Å². The molecule has 0 bridgehead atoms. The Hall–Kier alpha value is 0.210. The molecule has 0 aromatic heterocycles. The summed E-state index contributed by atoms with van der Waals surface area (Å²) in [5, 5.41) is 9.53. The Bertz CT molecular complexity index is 135. The van der Waals surface area contributed by atoms with Crippen LogP contribution in [0.2, 0.25) is 0 Å². The quantitative estimate of drug-likeness (QED) is 0.447. The van der Waals surface area contributed by atoms with Crippen molar-refractivity contribution in [1.82, 2.24) is 4.42 Å². The van der Waals surface area contributed by atoms with Crippen molar-refractivity contribution in [1.29, 1.82) is 0 Å². The molecule has 1 unspecified atom stereocenters. The summed E-state index contributed by atoms with van der Waals surface area (Å²) in [6.45, 7) is 3.98. The van der Waals surface area contributed by atoms with E-state index < -0.39 is 5.72 Å². The van der Waals surface area contributed by atoms with E-state index in [9.17, 15) is 5.11 Å². The minimum absolute atomic E-state index is 0.0243. The fourth-order valence-corrected chi connectivity index (χ4v) is 1.39. The maximum Gasteiger partial charge on any atom is 0.137 e. The fraction of sp³-hybridized carbons (Fsp3) is 1.00. The Balaban J connectivity index is 2.63. The highest BCUT2D eigenvalue weighted by atomic mass is 35.5. The third kappa shape index (κ3) is 0.858. The van der Waals surface area contributed by atoms with Crippen LogP contribution in [0.3, 0.4) is 0 Å². The minimum Gasteiger partial charge on any atom is -0.374 e. The molecule has 54 valence electrons. The average Bonchev–Trinajstić information content (AvgIpc) is 2.08. The molecule has 0 aromatic rings. The molecule has 3 heteroatoms. The van der Waals surface area contributed by atoms with Crippen LogP contribution in [0.5, 0.6) is 0 Å². The van der Waals surface area contributed by atoms with Gasteiger partial charge in [-0.05, 0) is 11.8 Å². The van der Waals surface area contributed by atoms with Crippen molar-refractivity contribution in [2.45, 2.75) is 26.0 Å². The summed E-state index contributed by atoms with van der Waals surface area (Å²) in [7, 11) is 1.68. The van der Waals surface area contributed by atoms with E-state index >= 15 is 0 Å². The van der Waals surface area contributed by atoms with Gasteiger partial charge in [0.1, 0.15) is 5.72 Å². The largest absolute Gasteiger partial charge is 0.374 e. The van der Waals surface area contributed by atoms with Crippen LogP contribution < -0.4 is 0 Å². The van der Waals surface area contributed by atoms with Gasteiger partial charge in [-0.3, -0.25) is 0 Å². The Kier molecular flexibility index (Phi) is 1.32.